The van der Waals surface area contributed by atoms with Crippen molar-refractivity contribution in [1.82, 2.24) is 4.90 Å². The standard InChI is InChI=1S/C18H21NO5/c1-4-14-13(18(21)22)11-16(24-14)17(20)19(3)9-10-23-15-8-6-5-7-12(15)2/h5-8,11H,4,9-10H2,1-3H3,(H,21,22). The first-order valence-corrected chi connectivity index (χ1v) is 7.74. The monoisotopic (exact) mass is 331 g/mol. The van der Waals surface area contributed by atoms with Crippen LogP contribution in [0.25, 0.3) is 0 Å². The summed E-state index contributed by atoms with van der Waals surface area (Å²) in [4.78, 5) is 24.9. The lowest BCUT2D eigenvalue weighted by Gasteiger charge is -2.16. The summed E-state index contributed by atoms with van der Waals surface area (Å²) in [7, 11) is 1.62. The fourth-order valence-corrected chi connectivity index (χ4v) is 2.28. The van der Waals surface area contributed by atoms with Gasteiger partial charge in [-0.3, -0.25) is 4.79 Å². The van der Waals surface area contributed by atoms with E-state index in [0.717, 1.165) is 11.3 Å². The first-order chi connectivity index (χ1) is 11.4. The van der Waals surface area contributed by atoms with Crippen LogP contribution < -0.4 is 4.74 Å². The van der Waals surface area contributed by atoms with Crippen molar-refractivity contribution in [3.8, 4) is 5.75 Å². The van der Waals surface area contributed by atoms with Crippen molar-refractivity contribution in [2.24, 2.45) is 0 Å². The molecule has 0 fully saturated rings. The van der Waals surface area contributed by atoms with Gasteiger partial charge in [0, 0.05) is 19.5 Å². The summed E-state index contributed by atoms with van der Waals surface area (Å²) >= 11 is 0. The molecule has 128 valence electrons. The predicted molar refractivity (Wildman–Crippen MR) is 88.7 cm³/mol. The molecule has 24 heavy (non-hydrogen) atoms. The Balaban J connectivity index is 1.97. The Bertz CT molecular complexity index is 735. The van der Waals surface area contributed by atoms with Crippen LogP contribution in [0, 0.1) is 6.92 Å². The molecule has 0 saturated carbocycles. The van der Waals surface area contributed by atoms with Crippen LogP contribution in [0.5, 0.6) is 5.75 Å². The van der Waals surface area contributed by atoms with E-state index in [1.54, 1.807) is 14.0 Å². The van der Waals surface area contributed by atoms with Gasteiger partial charge < -0.3 is 19.2 Å². The van der Waals surface area contributed by atoms with Crippen LogP contribution in [0.3, 0.4) is 0 Å². The number of para-hydroxylation sites is 1. The highest BCUT2D eigenvalue weighted by atomic mass is 16.5. The molecule has 0 unspecified atom stereocenters. The second kappa shape index (κ2) is 7.68. The van der Waals surface area contributed by atoms with Gasteiger partial charge in [0.15, 0.2) is 5.76 Å². The third kappa shape index (κ3) is 3.95. The Morgan fingerprint density at radius 2 is 2.00 bits per heavy atom. The lowest BCUT2D eigenvalue weighted by Crippen LogP contribution is -2.30. The normalized spacial score (nSPS) is 10.5. The zero-order valence-electron chi connectivity index (χ0n) is 14.0. The number of benzene rings is 1. The Morgan fingerprint density at radius 1 is 1.29 bits per heavy atom. The van der Waals surface area contributed by atoms with E-state index in [9.17, 15) is 9.59 Å². The molecule has 0 radical (unpaired) electrons. The van der Waals surface area contributed by atoms with Gasteiger partial charge in [-0.05, 0) is 18.6 Å². The predicted octanol–water partition coefficient (Wildman–Crippen LogP) is 3.00. The van der Waals surface area contributed by atoms with Crippen molar-refractivity contribution < 1.29 is 23.8 Å². The largest absolute Gasteiger partial charge is 0.491 e. The first-order valence-electron chi connectivity index (χ1n) is 7.74. The van der Waals surface area contributed by atoms with Crippen LogP contribution in [0.15, 0.2) is 34.7 Å². The molecule has 6 nitrogen and oxygen atoms in total. The number of rotatable bonds is 7. The molecule has 0 bridgehead atoms. The minimum atomic E-state index is -1.10. The molecule has 2 rings (SSSR count). The summed E-state index contributed by atoms with van der Waals surface area (Å²) < 4.78 is 11.0. The number of carboxylic acid groups (broad SMARTS) is 1. The Hall–Kier alpha value is -2.76. The minimum Gasteiger partial charge on any atom is -0.491 e. The highest BCUT2D eigenvalue weighted by Crippen LogP contribution is 2.18. The maximum absolute atomic E-state index is 12.3. The van der Waals surface area contributed by atoms with Gasteiger partial charge in [0.2, 0.25) is 0 Å². The van der Waals surface area contributed by atoms with E-state index in [1.165, 1.54) is 11.0 Å². The van der Waals surface area contributed by atoms with Gasteiger partial charge in [-0.25, -0.2) is 4.79 Å². The molecule has 1 aromatic carbocycles. The zero-order chi connectivity index (χ0) is 17.7. The molecule has 0 spiro atoms. The van der Waals surface area contributed by atoms with Crippen LogP contribution in [-0.4, -0.2) is 42.1 Å². The summed E-state index contributed by atoms with van der Waals surface area (Å²) in [5.41, 5.74) is 1.06. The van der Waals surface area contributed by atoms with Crippen molar-refractivity contribution in [2.45, 2.75) is 20.3 Å². The number of likely N-dealkylation sites (N-methyl/N-ethyl adjacent to an activating group) is 1. The van der Waals surface area contributed by atoms with E-state index >= 15 is 0 Å². The maximum atomic E-state index is 12.3. The molecular formula is C18H21NO5. The number of amides is 1. The van der Waals surface area contributed by atoms with E-state index in [-0.39, 0.29) is 17.2 Å². The second-order valence-corrected chi connectivity index (χ2v) is 5.45. The van der Waals surface area contributed by atoms with Gasteiger partial charge in [-0.15, -0.1) is 0 Å². The van der Waals surface area contributed by atoms with Crippen LogP contribution in [0.4, 0.5) is 0 Å². The van der Waals surface area contributed by atoms with Crippen molar-refractivity contribution in [1.29, 1.82) is 0 Å². The molecule has 1 heterocycles. The third-order valence-corrected chi connectivity index (χ3v) is 3.70. The highest BCUT2D eigenvalue weighted by molar-refractivity contribution is 5.96. The van der Waals surface area contributed by atoms with Crippen molar-refractivity contribution in [3.05, 3.63) is 53.0 Å². The van der Waals surface area contributed by atoms with Crippen molar-refractivity contribution in [3.63, 3.8) is 0 Å². The molecule has 6 heteroatoms. The number of ether oxygens (including phenoxy) is 1. The number of carboxylic acids is 1. The molecule has 1 N–H and O–H groups in total. The second-order valence-electron chi connectivity index (χ2n) is 5.45. The molecule has 1 amide bonds. The van der Waals surface area contributed by atoms with Crippen LogP contribution in [0.2, 0.25) is 0 Å². The summed E-state index contributed by atoms with van der Waals surface area (Å²) in [5.74, 6) is -0.360. The van der Waals surface area contributed by atoms with E-state index in [0.29, 0.717) is 25.3 Å². The van der Waals surface area contributed by atoms with Gasteiger partial charge >= 0.3 is 5.97 Å². The number of nitrogens with zero attached hydrogens (tertiary/aromatic N) is 1. The van der Waals surface area contributed by atoms with Gasteiger partial charge in [0.05, 0.1) is 6.54 Å². The molecule has 0 aliphatic heterocycles. The summed E-state index contributed by atoms with van der Waals surface area (Å²) in [5, 5.41) is 9.12. The molecule has 0 saturated heterocycles. The average Bonchev–Trinajstić information content (AvgIpc) is 3.00. The van der Waals surface area contributed by atoms with E-state index in [4.69, 9.17) is 14.3 Å². The van der Waals surface area contributed by atoms with Gasteiger partial charge in [-0.1, -0.05) is 25.1 Å². The smallest absolute Gasteiger partial charge is 0.339 e. The van der Waals surface area contributed by atoms with Crippen LogP contribution in [0.1, 0.15) is 39.2 Å². The summed E-state index contributed by atoms with van der Waals surface area (Å²) in [6, 6.07) is 8.92. The molecule has 0 atom stereocenters. The molecule has 1 aromatic heterocycles. The van der Waals surface area contributed by atoms with E-state index in [1.807, 2.05) is 31.2 Å². The Morgan fingerprint density at radius 3 is 2.58 bits per heavy atom. The lowest BCUT2D eigenvalue weighted by molar-refractivity contribution is 0.0692. The summed E-state index contributed by atoms with van der Waals surface area (Å²) in [6.07, 6.45) is 0.412. The molecule has 0 aliphatic rings. The fraction of sp³-hybridized carbons (Fsp3) is 0.333. The summed E-state index contributed by atoms with van der Waals surface area (Å²) in [6.45, 7) is 4.42. The minimum absolute atomic E-state index is 0.0302. The van der Waals surface area contributed by atoms with E-state index < -0.39 is 5.97 Å². The van der Waals surface area contributed by atoms with Gasteiger partial charge in [0.25, 0.3) is 5.91 Å². The number of aromatic carboxylic acids is 1. The molecular weight excluding hydrogens is 310 g/mol. The van der Waals surface area contributed by atoms with Gasteiger partial charge in [0.1, 0.15) is 23.7 Å². The van der Waals surface area contributed by atoms with Crippen LogP contribution in [-0.2, 0) is 6.42 Å². The highest BCUT2D eigenvalue weighted by Gasteiger charge is 2.22. The number of carbonyl (C=O) groups is 2. The number of aryl methyl sites for hydroxylation is 2. The maximum Gasteiger partial charge on any atom is 0.339 e. The number of furan rings is 1. The third-order valence-electron chi connectivity index (χ3n) is 3.70. The van der Waals surface area contributed by atoms with E-state index in [2.05, 4.69) is 0 Å². The quantitative estimate of drug-likeness (QED) is 0.843. The Kier molecular flexibility index (Phi) is 5.63. The Labute approximate surface area is 140 Å². The lowest BCUT2D eigenvalue weighted by atomic mass is 10.2. The number of hydrogen-bond donors (Lipinski definition) is 1. The zero-order valence-corrected chi connectivity index (χ0v) is 14.0. The van der Waals surface area contributed by atoms with Gasteiger partial charge in [-0.2, -0.15) is 0 Å². The fourth-order valence-electron chi connectivity index (χ4n) is 2.28. The SMILES string of the molecule is CCc1oc(C(=O)N(C)CCOc2ccccc2C)cc1C(=O)O. The molecule has 2 aromatic rings. The first kappa shape index (κ1) is 17.6. The average molecular weight is 331 g/mol. The topological polar surface area (TPSA) is 80.0 Å². The van der Waals surface area contributed by atoms with Crippen molar-refractivity contribution in [2.75, 3.05) is 20.2 Å². The number of hydrogen-bond acceptors (Lipinski definition) is 4. The number of carbonyl (C=O) groups excluding carboxylic acids is 1. The molecule has 0 aliphatic carbocycles. The van der Waals surface area contributed by atoms with Crippen LogP contribution >= 0.6 is 0 Å². The van der Waals surface area contributed by atoms with Crippen molar-refractivity contribution >= 4 is 11.9 Å².